The van der Waals surface area contributed by atoms with Crippen LogP contribution in [0.4, 0.5) is 0 Å². The zero-order valence-electron chi connectivity index (χ0n) is 14.9. The first-order valence-electron chi connectivity index (χ1n) is 9.22. The van der Waals surface area contributed by atoms with E-state index in [4.69, 9.17) is 0 Å². The van der Waals surface area contributed by atoms with E-state index in [1.807, 2.05) is 0 Å². The Balaban J connectivity index is 1.88. The molecule has 0 aromatic rings. The second-order valence-corrected chi connectivity index (χ2v) is 9.23. The lowest BCUT2D eigenvalue weighted by Crippen LogP contribution is -2.55. The van der Waals surface area contributed by atoms with Gasteiger partial charge >= 0.3 is 0 Å². The van der Waals surface area contributed by atoms with E-state index < -0.39 is 6.10 Å². The molecule has 0 spiro atoms. The zero-order chi connectivity index (χ0) is 16.2. The lowest BCUT2D eigenvalue weighted by Gasteiger charge is -2.62. The van der Waals surface area contributed by atoms with Gasteiger partial charge in [-0.2, -0.15) is 0 Å². The maximum Gasteiger partial charge on any atom is 0.0824 e. The molecule has 0 aliphatic heterocycles. The van der Waals surface area contributed by atoms with Crippen LogP contribution in [-0.2, 0) is 0 Å². The molecule has 0 amide bonds. The van der Waals surface area contributed by atoms with Gasteiger partial charge in [-0.1, -0.05) is 32.4 Å². The molecule has 3 aliphatic carbocycles. The average Bonchev–Trinajstić information content (AvgIpc) is 2.49. The number of rotatable bonds is 2. The van der Waals surface area contributed by atoms with Crippen molar-refractivity contribution in [3.8, 4) is 0 Å². The van der Waals surface area contributed by atoms with Crippen LogP contribution in [0.5, 0.6) is 0 Å². The molecule has 2 N–H and O–H groups in total. The van der Waals surface area contributed by atoms with Gasteiger partial charge in [-0.3, -0.25) is 0 Å². The summed E-state index contributed by atoms with van der Waals surface area (Å²) in [5.74, 6) is 1.50. The van der Waals surface area contributed by atoms with Crippen molar-refractivity contribution in [3.05, 3.63) is 11.6 Å². The smallest absolute Gasteiger partial charge is 0.0824 e. The minimum atomic E-state index is -0.557. The van der Waals surface area contributed by atoms with Gasteiger partial charge < -0.3 is 10.2 Å². The quantitative estimate of drug-likeness (QED) is 0.746. The normalized spacial score (nSPS) is 49.8. The highest BCUT2D eigenvalue weighted by Gasteiger charge is 2.58. The van der Waals surface area contributed by atoms with Gasteiger partial charge in [-0.05, 0) is 80.0 Å². The fourth-order valence-electron chi connectivity index (χ4n) is 6.27. The standard InChI is InChI=1S/C20H34O2/c1-14-6-5-7-16-19(14,3)9-8-15-12-18(2,17(22)13-21)10-11-20(15,16)4/h6,15-17,21-22H,5,7-13H2,1-4H3. The molecule has 2 nitrogen and oxygen atoms in total. The van der Waals surface area contributed by atoms with E-state index in [0.717, 1.165) is 18.8 Å². The molecular weight excluding hydrogens is 272 g/mol. The Hall–Kier alpha value is -0.340. The van der Waals surface area contributed by atoms with Crippen LogP contribution >= 0.6 is 0 Å². The second-order valence-electron chi connectivity index (χ2n) is 9.23. The predicted octanol–water partition coefficient (Wildman–Crippen LogP) is 4.31. The summed E-state index contributed by atoms with van der Waals surface area (Å²) in [7, 11) is 0. The zero-order valence-corrected chi connectivity index (χ0v) is 14.9. The Kier molecular flexibility index (Phi) is 4.01. The molecule has 2 saturated carbocycles. The average molecular weight is 306 g/mol. The minimum Gasteiger partial charge on any atom is -0.394 e. The predicted molar refractivity (Wildman–Crippen MR) is 90.5 cm³/mol. The second kappa shape index (κ2) is 5.34. The summed E-state index contributed by atoms with van der Waals surface area (Å²) in [6.45, 7) is 9.47. The van der Waals surface area contributed by atoms with E-state index in [1.165, 1.54) is 32.1 Å². The van der Waals surface area contributed by atoms with Crippen LogP contribution in [-0.4, -0.2) is 22.9 Å². The molecule has 0 aromatic heterocycles. The molecule has 6 unspecified atom stereocenters. The van der Waals surface area contributed by atoms with E-state index in [-0.39, 0.29) is 12.0 Å². The lowest BCUT2D eigenvalue weighted by atomic mass is 9.42. The third-order valence-electron chi connectivity index (χ3n) is 8.24. The number of fused-ring (bicyclic) bond motifs is 3. The third kappa shape index (κ3) is 2.21. The molecule has 126 valence electrons. The van der Waals surface area contributed by atoms with E-state index in [0.29, 0.717) is 16.7 Å². The highest BCUT2D eigenvalue weighted by molar-refractivity contribution is 5.21. The van der Waals surface area contributed by atoms with Gasteiger partial charge in [-0.15, -0.1) is 0 Å². The molecule has 22 heavy (non-hydrogen) atoms. The van der Waals surface area contributed by atoms with Crippen molar-refractivity contribution in [3.63, 3.8) is 0 Å². The van der Waals surface area contributed by atoms with Crippen molar-refractivity contribution in [2.75, 3.05) is 6.61 Å². The maximum absolute atomic E-state index is 10.3. The summed E-state index contributed by atoms with van der Waals surface area (Å²) in [4.78, 5) is 0. The first-order chi connectivity index (χ1) is 10.3. The molecule has 6 atom stereocenters. The molecule has 0 radical (unpaired) electrons. The van der Waals surface area contributed by atoms with Crippen molar-refractivity contribution < 1.29 is 10.2 Å². The summed E-state index contributed by atoms with van der Waals surface area (Å²) in [6.07, 6.45) is 10.4. The van der Waals surface area contributed by atoms with Crippen LogP contribution in [0.3, 0.4) is 0 Å². The number of hydrogen-bond acceptors (Lipinski definition) is 2. The summed E-state index contributed by atoms with van der Waals surface area (Å²) < 4.78 is 0. The molecule has 0 aromatic carbocycles. The fraction of sp³-hybridized carbons (Fsp3) is 0.900. The molecule has 2 heteroatoms. The molecule has 3 rings (SSSR count). The summed E-state index contributed by atoms with van der Waals surface area (Å²) in [5, 5.41) is 19.7. The van der Waals surface area contributed by atoms with E-state index >= 15 is 0 Å². The Morgan fingerprint density at radius 2 is 1.91 bits per heavy atom. The van der Waals surface area contributed by atoms with Crippen molar-refractivity contribution >= 4 is 0 Å². The van der Waals surface area contributed by atoms with Gasteiger partial charge in [0.05, 0.1) is 12.7 Å². The topological polar surface area (TPSA) is 40.5 Å². The number of aliphatic hydroxyl groups excluding tert-OH is 2. The van der Waals surface area contributed by atoms with Crippen LogP contribution < -0.4 is 0 Å². The molecule has 3 aliphatic rings. The van der Waals surface area contributed by atoms with Crippen molar-refractivity contribution in [1.29, 1.82) is 0 Å². The van der Waals surface area contributed by atoms with Crippen molar-refractivity contribution in [1.82, 2.24) is 0 Å². The van der Waals surface area contributed by atoms with Gasteiger partial charge in [-0.25, -0.2) is 0 Å². The van der Waals surface area contributed by atoms with Gasteiger partial charge in [0.1, 0.15) is 0 Å². The SMILES string of the molecule is CC1=CCCC2C1(C)CCC1CC(C)(C(O)CO)CCC12C. The first kappa shape index (κ1) is 16.5. The van der Waals surface area contributed by atoms with Crippen LogP contribution in [0.1, 0.15) is 72.6 Å². The van der Waals surface area contributed by atoms with E-state index in [9.17, 15) is 10.2 Å². The summed E-state index contributed by atoms with van der Waals surface area (Å²) >= 11 is 0. The van der Waals surface area contributed by atoms with Crippen LogP contribution in [0, 0.1) is 28.1 Å². The van der Waals surface area contributed by atoms with Gasteiger partial charge in [0.25, 0.3) is 0 Å². The Bertz CT molecular complexity index is 470. The monoisotopic (exact) mass is 306 g/mol. The summed E-state index contributed by atoms with van der Waals surface area (Å²) in [5.41, 5.74) is 2.34. The van der Waals surface area contributed by atoms with E-state index in [1.54, 1.807) is 5.57 Å². The largest absolute Gasteiger partial charge is 0.394 e. The minimum absolute atomic E-state index is 0.0911. The van der Waals surface area contributed by atoms with Crippen LogP contribution in [0.25, 0.3) is 0 Å². The number of allylic oxidation sites excluding steroid dienone is 2. The Morgan fingerprint density at radius 3 is 2.59 bits per heavy atom. The molecule has 0 heterocycles. The summed E-state index contributed by atoms with van der Waals surface area (Å²) in [6, 6.07) is 0. The van der Waals surface area contributed by atoms with Gasteiger partial charge in [0, 0.05) is 0 Å². The van der Waals surface area contributed by atoms with Crippen LogP contribution in [0.2, 0.25) is 0 Å². The Labute approximate surface area is 136 Å². The van der Waals surface area contributed by atoms with Gasteiger partial charge in [0.15, 0.2) is 0 Å². The third-order valence-corrected chi connectivity index (χ3v) is 8.24. The van der Waals surface area contributed by atoms with Gasteiger partial charge in [0.2, 0.25) is 0 Å². The molecular formula is C20H34O2. The lowest BCUT2D eigenvalue weighted by molar-refractivity contribution is -0.131. The van der Waals surface area contributed by atoms with Crippen LogP contribution in [0.15, 0.2) is 11.6 Å². The molecule has 2 fully saturated rings. The van der Waals surface area contributed by atoms with Crippen molar-refractivity contribution in [2.45, 2.75) is 78.7 Å². The fourth-order valence-corrected chi connectivity index (χ4v) is 6.27. The highest BCUT2D eigenvalue weighted by atomic mass is 16.3. The maximum atomic E-state index is 10.3. The van der Waals surface area contributed by atoms with Crippen molar-refractivity contribution in [2.24, 2.45) is 28.1 Å². The number of aliphatic hydroxyl groups is 2. The Morgan fingerprint density at radius 1 is 1.18 bits per heavy atom. The number of hydrogen-bond donors (Lipinski definition) is 2. The van der Waals surface area contributed by atoms with E-state index in [2.05, 4.69) is 33.8 Å². The molecule has 0 saturated heterocycles. The first-order valence-corrected chi connectivity index (χ1v) is 9.22. The molecule has 0 bridgehead atoms. The highest BCUT2D eigenvalue weighted by Crippen LogP contribution is 2.66.